The highest BCUT2D eigenvalue weighted by molar-refractivity contribution is 5.97. The van der Waals surface area contributed by atoms with Crippen LogP contribution in [0.4, 0.5) is 4.39 Å². The molecule has 1 fully saturated rings. The molecule has 0 unspecified atom stereocenters. The summed E-state index contributed by atoms with van der Waals surface area (Å²) >= 11 is 0. The quantitative estimate of drug-likeness (QED) is 0.908. The zero-order chi connectivity index (χ0) is 15.9. The van der Waals surface area contributed by atoms with Gasteiger partial charge in [0.05, 0.1) is 12.2 Å². The molecule has 0 atom stereocenters. The van der Waals surface area contributed by atoms with Crippen LogP contribution in [-0.2, 0) is 5.41 Å². The molecule has 0 radical (unpaired) electrons. The summed E-state index contributed by atoms with van der Waals surface area (Å²) in [6.45, 7) is 1.60. The van der Waals surface area contributed by atoms with E-state index >= 15 is 0 Å². The van der Waals surface area contributed by atoms with Crippen LogP contribution >= 0.6 is 0 Å². The van der Waals surface area contributed by atoms with Gasteiger partial charge in [-0.25, -0.2) is 9.18 Å². The second kappa shape index (κ2) is 5.21. The Kier molecular flexibility index (Phi) is 3.49. The maximum atomic E-state index is 13.6. The second-order valence-electron chi connectivity index (χ2n) is 5.92. The van der Waals surface area contributed by atoms with Crippen molar-refractivity contribution in [3.8, 4) is 11.1 Å². The molecule has 0 saturated heterocycles. The summed E-state index contributed by atoms with van der Waals surface area (Å²) in [6.07, 6.45) is 1.94. The van der Waals surface area contributed by atoms with Crippen LogP contribution in [0, 0.1) is 12.7 Å². The van der Waals surface area contributed by atoms with E-state index in [2.05, 4.69) is 0 Å². The summed E-state index contributed by atoms with van der Waals surface area (Å²) < 4.78 is 13.6. The molecule has 0 spiro atoms. The van der Waals surface area contributed by atoms with Crippen molar-refractivity contribution >= 4 is 5.97 Å². The molecule has 0 aliphatic heterocycles. The van der Waals surface area contributed by atoms with Crippen LogP contribution in [0.5, 0.6) is 0 Å². The van der Waals surface area contributed by atoms with E-state index in [1.165, 1.54) is 19.1 Å². The van der Waals surface area contributed by atoms with E-state index in [1.807, 2.05) is 24.3 Å². The van der Waals surface area contributed by atoms with Gasteiger partial charge in [-0.05, 0) is 48.1 Å². The topological polar surface area (TPSA) is 57.5 Å². The second-order valence-corrected chi connectivity index (χ2v) is 5.92. The molecule has 22 heavy (non-hydrogen) atoms. The van der Waals surface area contributed by atoms with Gasteiger partial charge >= 0.3 is 5.97 Å². The fraction of sp³-hybridized carbons (Fsp3) is 0.278. The third-order valence-electron chi connectivity index (χ3n) is 4.58. The number of carboxylic acids is 1. The van der Waals surface area contributed by atoms with Gasteiger partial charge in [0.25, 0.3) is 0 Å². The van der Waals surface area contributed by atoms with Crippen molar-refractivity contribution in [2.45, 2.75) is 25.2 Å². The number of halogens is 1. The van der Waals surface area contributed by atoms with Crippen molar-refractivity contribution in [3.05, 3.63) is 58.9 Å². The van der Waals surface area contributed by atoms with Gasteiger partial charge in [-0.1, -0.05) is 30.3 Å². The Bertz CT molecular complexity index is 731. The van der Waals surface area contributed by atoms with Gasteiger partial charge in [0.2, 0.25) is 0 Å². The zero-order valence-electron chi connectivity index (χ0n) is 12.3. The fourth-order valence-electron chi connectivity index (χ4n) is 2.89. The minimum atomic E-state index is -1.13. The minimum absolute atomic E-state index is 0.00366. The first-order valence-corrected chi connectivity index (χ1v) is 7.23. The van der Waals surface area contributed by atoms with Gasteiger partial charge in [0, 0.05) is 5.41 Å². The van der Waals surface area contributed by atoms with Gasteiger partial charge in [-0.3, -0.25) is 0 Å². The number of carboxylic acid groups (broad SMARTS) is 1. The van der Waals surface area contributed by atoms with Gasteiger partial charge < -0.3 is 10.2 Å². The minimum Gasteiger partial charge on any atom is -0.478 e. The first kappa shape index (κ1) is 14.7. The Labute approximate surface area is 128 Å². The molecular weight excluding hydrogens is 283 g/mol. The molecule has 1 aliphatic rings. The third kappa shape index (κ3) is 2.29. The first-order valence-electron chi connectivity index (χ1n) is 7.23. The number of rotatable bonds is 4. The monoisotopic (exact) mass is 300 g/mol. The average Bonchev–Trinajstić information content (AvgIpc) is 3.31. The lowest BCUT2D eigenvalue weighted by Gasteiger charge is -2.14. The van der Waals surface area contributed by atoms with Crippen LogP contribution in [-0.4, -0.2) is 22.8 Å². The van der Waals surface area contributed by atoms with Gasteiger partial charge in [-0.2, -0.15) is 0 Å². The summed E-state index contributed by atoms with van der Waals surface area (Å²) in [6, 6.07) is 10.3. The van der Waals surface area contributed by atoms with E-state index in [-0.39, 0.29) is 23.1 Å². The molecule has 1 saturated carbocycles. The number of hydrogen-bond acceptors (Lipinski definition) is 2. The third-order valence-corrected chi connectivity index (χ3v) is 4.58. The van der Waals surface area contributed by atoms with Gasteiger partial charge in [0.15, 0.2) is 0 Å². The van der Waals surface area contributed by atoms with E-state index in [0.29, 0.717) is 5.56 Å². The lowest BCUT2D eigenvalue weighted by Crippen LogP contribution is -2.11. The summed E-state index contributed by atoms with van der Waals surface area (Å²) in [5.74, 6) is -1.65. The van der Waals surface area contributed by atoms with Crippen molar-refractivity contribution < 1.29 is 19.4 Å². The smallest absolute Gasteiger partial charge is 0.336 e. The van der Waals surface area contributed by atoms with Crippen LogP contribution in [0.1, 0.15) is 34.3 Å². The lowest BCUT2D eigenvalue weighted by atomic mass is 9.91. The molecular formula is C18H17FO3. The normalized spacial score (nSPS) is 15.6. The highest BCUT2D eigenvalue weighted by Gasteiger charge is 2.43. The zero-order valence-corrected chi connectivity index (χ0v) is 12.3. The van der Waals surface area contributed by atoms with Crippen LogP contribution in [0.3, 0.4) is 0 Å². The van der Waals surface area contributed by atoms with Crippen molar-refractivity contribution in [2.24, 2.45) is 0 Å². The summed E-state index contributed by atoms with van der Waals surface area (Å²) in [7, 11) is 0. The predicted molar refractivity (Wildman–Crippen MR) is 81.5 cm³/mol. The van der Waals surface area contributed by atoms with Crippen LogP contribution < -0.4 is 0 Å². The van der Waals surface area contributed by atoms with E-state index in [1.54, 1.807) is 0 Å². The fourth-order valence-corrected chi connectivity index (χ4v) is 2.89. The van der Waals surface area contributed by atoms with Crippen LogP contribution in [0.2, 0.25) is 0 Å². The Morgan fingerprint density at radius 3 is 2.32 bits per heavy atom. The average molecular weight is 300 g/mol. The molecule has 2 aromatic carbocycles. The summed E-state index contributed by atoms with van der Waals surface area (Å²) in [5, 5.41) is 18.8. The Balaban J connectivity index is 2.05. The highest BCUT2D eigenvalue weighted by Crippen LogP contribution is 2.47. The van der Waals surface area contributed by atoms with E-state index < -0.39 is 11.8 Å². The van der Waals surface area contributed by atoms with Gasteiger partial charge in [0.1, 0.15) is 5.82 Å². The van der Waals surface area contributed by atoms with Gasteiger partial charge in [-0.15, -0.1) is 0 Å². The molecule has 3 nitrogen and oxygen atoms in total. The number of carbonyl (C=O) groups is 1. The largest absolute Gasteiger partial charge is 0.478 e. The van der Waals surface area contributed by atoms with Crippen molar-refractivity contribution in [3.63, 3.8) is 0 Å². The van der Waals surface area contributed by atoms with E-state index in [0.717, 1.165) is 24.0 Å². The van der Waals surface area contributed by atoms with Crippen LogP contribution in [0.25, 0.3) is 11.1 Å². The highest BCUT2D eigenvalue weighted by atomic mass is 19.1. The SMILES string of the molecule is Cc1c(F)ccc(-c2ccc(C3(CO)CC3)cc2)c1C(=O)O. The molecule has 3 rings (SSSR count). The molecule has 2 aromatic rings. The first-order chi connectivity index (χ1) is 10.5. The molecule has 1 aliphatic carbocycles. The maximum absolute atomic E-state index is 13.6. The van der Waals surface area contributed by atoms with E-state index in [9.17, 15) is 19.4 Å². The molecule has 0 amide bonds. The Morgan fingerprint density at radius 1 is 1.18 bits per heavy atom. The molecule has 4 heteroatoms. The Hall–Kier alpha value is -2.20. The molecule has 2 N–H and O–H groups in total. The van der Waals surface area contributed by atoms with E-state index in [4.69, 9.17) is 0 Å². The van der Waals surface area contributed by atoms with Crippen molar-refractivity contribution in [1.29, 1.82) is 0 Å². The molecule has 114 valence electrons. The lowest BCUT2D eigenvalue weighted by molar-refractivity contribution is 0.0696. The maximum Gasteiger partial charge on any atom is 0.336 e. The standard InChI is InChI=1S/C18H17FO3/c1-11-15(19)7-6-14(16(11)17(21)22)12-2-4-13(5-3-12)18(10-20)8-9-18/h2-7,20H,8-10H2,1H3,(H,21,22). The van der Waals surface area contributed by atoms with Crippen molar-refractivity contribution in [1.82, 2.24) is 0 Å². The predicted octanol–water partition coefficient (Wildman–Crippen LogP) is 3.52. The summed E-state index contributed by atoms with van der Waals surface area (Å²) in [5.41, 5.74) is 2.32. The molecule has 0 aromatic heterocycles. The summed E-state index contributed by atoms with van der Waals surface area (Å²) in [4.78, 5) is 11.5. The number of aromatic carboxylic acids is 1. The number of benzene rings is 2. The van der Waals surface area contributed by atoms with Crippen molar-refractivity contribution in [2.75, 3.05) is 6.61 Å². The number of hydrogen-bond donors (Lipinski definition) is 2. The van der Waals surface area contributed by atoms with Crippen LogP contribution in [0.15, 0.2) is 36.4 Å². The Morgan fingerprint density at radius 2 is 1.82 bits per heavy atom. The number of aliphatic hydroxyl groups excluding tert-OH is 1. The molecule has 0 bridgehead atoms. The molecule has 0 heterocycles. The number of aliphatic hydroxyl groups is 1.